The molecular weight excluding hydrogens is 462 g/mol. The van der Waals surface area contributed by atoms with Crippen molar-refractivity contribution in [2.45, 2.75) is 38.8 Å². The van der Waals surface area contributed by atoms with Crippen LogP contribution in [0, 0.1) is 5.82 Å². The van der Waals surface area contributed by atoms with E-state index in [0.29, 0.717) is 44.8 Å². The summed E-state index contributed by atoms with van der Waals surface area (Å²) in [7, 11) is 1.68. The van der Waals surface area contributed by atoms with Gasteiger partial charge in [-0.3, -0.25) is 0 Å². The van der Waals surface area contributed by atoms with Gasteiger partial charge in [-0.05, 0) is 43.9 Å². The molecular formula is C19H32FIN4O2. The van der Waals surface area contributed by atoms with Crippen molar-refractivity contribution in [1.82, 2.24) is 10.6 Å². The van der Waals surface area contributed by atoms with Crippen molar-refractivity contribution in [2.75, 3.05) is 44.8 Å². The van der Waals surface area contributed by atoms with Gasteiger partial charge in [-0.15, -0.1) is 24.0 Å². The zero-order valence-electron chi connectivity index (χ0n) is 16.2. The second-order valence-corrected chi connectivity index (χ2v) is 6.47. The number of nitrogens with zero attached hydrogens (tertiary/aromatic N) is 2. The van der Waals surface area contributed by atoms with Crippen molar-refractivity contribution in [2.24, 2.45) is 4.99 Å². The van der Waals surface area contributed by atoms with E-state index in [1.165, 1.54) is 0 Å². The molecule has 1 saturated heterocycles. The minimum absolute atomic E-state index is 0. The van der Waals surface area contributed by atoms with Crippen LogP contribution in [0.2, 0.25) is 0 Å². The van der Waals surface area contributed by atoms with Gasteiger partial charge in [-0.2, -0.15) is 0 Å². The number of aliphatic imine (C=N–C) groups is 1. The van der Waals surface area contributed by atoms with Gasteiger partial charge in [0.1, 0.15) is 5.82 Å². The van der Waals surface area contributed by atoms with Gasteiger partial charge in [-0.25, -0.2) is 9.38 Å². The summed E-state index contributed by atoms with van der Waals surface area (Å²) in [5.74, 6) is 0.491. The molecule has 0 bridgehead atoms. The monoisotopic (exact) mass is 494 g/mol. The average molecular weight is 494 g/mol. The van der Waals surface area contributed by atoms with Crippen molar-refractivity contribution in [3.63, 3.8) is 0 Å². The van der Waals surface area contributed by atoms with Crippen LogP contribution in [0.1, 0.15) is 31.7 Å². The molecule has 0 unspecified atom stereocenters. The Morgan fingerprint density at radius 3 is 2.70 bits per heavy atom. The Balaban J connectivity index is 0.00000364. The average Bonchev–Trinajstić information content (AvgIpc) is 2.64. The fourth-order valence-electron chi connectivity index (χ4n) is 2.95. The Labute approximate surface area is 178 Å². The first-order valence-electron chi connectivity index (χ1n) is 9.36. The summed E-state index contributed by atoms with van der Waals surface area (Å²) in [6, 6.07) is 5.29. The van der Waals surface area contributed by atoms with Gasteiger partial charge in [-0.1, -0.05) is 6.07 Å². The van der Waals surface area contributed by atoms with E-state index in [-0.39, 0.29) is 35.9 Å². The normalized spacial score (nSPS) is 15.4. The van der Waals surface area contributed by atoms with Crippen molar-refractivity contribution in [3.05, 3.63) is 29.6 Å². The summed E-state index contributed by atoms with van der Waals surface area (Å²) in [4.78, 5) is 6.51. The first kappa shape index (κ1) is 23.9. The van der Waals surface area contributed by atoms with Crippen molar-refractivity contribution in [1.29, 1.82) is 0 Å². The number of halogens is 2. The number of ether oxygens (including phenoxy) is 1. The number of benzene rings is 1. The third-order valence-corrected chi connectivity index (χ3v) is 4.40. The van der Waals surface area contributed by atoms with Crippen LogP contribution in [0.3, 0.4) is 0 Å². The zero-order chi connectivity index (χ0) is 18.8. The molecule has 1 aromatic rings. The lowest BCUT2D eigenvalue weighted by atomic mass is 10.1. The molecule has 8 heteroatoms. The molecule has 6 nitrogen and oxygen atoms in total. The van der Waals surface area contributed by atoms with Crippen LogP contribution in [0.25, 0.3) is 0 Å². The van der Waals surface area contributed by atoms with E-state index in [1.54, 1.807) is 13.2 Å². The maximum absolute atomic E-state index is 14.5. The molecule has 1 aliphatic rings. The predicted octanol–water partition coefficient (Wildman–Crippen LogP) is 2.50. The number of anilines is 1. The maximum atomic E-state index is 14.5. The van der Waals surface area contributed by atoms with E-state index >= 15 is 0 Å². The number of rotatable bonds is 8. The van der Waals surface area contributed by atoms with Crippen molar-refractivity contribution < 1.29 is 14.2 Å². The molecule has 0 spiro atoms. The third kappa shape index (κ3) is 8.18. The molecule has 3 N–H and O–H groups in total. The Bertz CT molecular complexity index is 581. The molecule has 27 heavy (non-hydrogen) atoms. The van der Waals surface area contributed by atoms with Gasteiger partial charge in [0, 0.05) is 39.9 Å². The molecule has 1 aliphatic heterocycles. The summed E-state index contributed by atoms with van der Waals surface area (Å²) in [5.41, 5.74) is 1.44. The van der Waals surface area contributed by atoms with E-state index in [1.807, 2.05) is 24.0 Å². The number of aliphatic hydroxyl groups is 1. The molecule has 1 aromatic carbocycles. The molecule has 0 aromatic heterocycles. The minimum atomic E-state index is -0.260. The first-order chi connectivity index (χ1) is 12.6. The van der Waals surface area contributed by atoms with E-state index < -0.39 is 0 Å². The van der Waals surface area contributed by atoms with Gasteiger partial charge in [0.15, 0.2) is 5.96 Å². The summed E-state index contributed by atoms with van der Waals surface area (Å²) in [6.07, 6.45) is 2.01. The lowest BCUT2D eigenvalue weighted by Gasteiger charge is -2.31. The third-order valence-electron chi connectivity index (χ3n) is 4.40. The number of methoxy groups -OCH3 is 1. The highest BCUT2D eigenvalue weighted by Crippen LogP contribution is 2.24. The highest BCUT2D eigenvalue weighted by molar-refractivity contribution is 14.0. The Hall–Kier alpha value is -1.13. The van der Waals surface area contributed by atoms with Gasteiger partial charge in [0.2, 0.25) is 0 Å². The van der Waals surface area contributed by atoms with Crippen LogP contribution < -0.4 is 15.5 Å². The van der Waals surface area contributed by atoms with Gasteiger partial charge in [0.25, 0.3) is 0 Å². The van der Waals surface area contributed by atoms with Gasteiger partial charge >= 0.3 is 0 Å². The van der Waals surface area contributed by atoms with Crippen molar-refractivity contribution in [3.8, 4) is 0 Å². The fraction of sp³-hybridized carbons (Fsp3) is 0.632. The van der Waals surface area contributed by atoms with Crippen molar-refractivity contribution >= 4 is 35.6 Å². The van der Waals surface area contributed by atoms with E-state index in [2.05, 4.69) is 15.6 Å². The second-order valence-electron chi connectivity index (χ2n) is 6.47. The van der Waals surface area contributed by atoms with Crippen LogP contribution in [0.4, 0.5) is 10.1 Å². The molecule has 1 heterocycles. The van der Waals surface area contributed by atoms with Gasteiger partial charge in [0.05, 0.1) is 18.3 Å². The first-order valence-corrected chi connectivity index (χ1v) is 9.36. The summed E-state index contributed by atoms with van der Waals surface area (Å²) >= 11 is 0. The molecule has 2 rings (SSSR count). The highest BCUT2D eigenvalue weighted by atomic mass is 127. The number of aliphatic hydroxyl groups excluding tert-OH is 1. The molecule has 0 amide bonds. The number of nitrogens with one attached hydrogen (secondary N) is 2. The van der Waals surface area contributed by atoms with E-state index in [4.69, 9.17) is 4.74 Å². The Morgan fingerprint density at radius 2 is 2.07 bits per heavy atom. The smallest absolute Gasteiger partial charge is 0.191 e. The molecule has 1 fully saturated rings. The summed E-state index contributed by atoms with van der Waals surface area (Å²) < 4.78 is 19.5. The minimum Gasteiger partial charge on any atom is -0.393 e. The molecule has 0 radical (unpaired) electrons. The lowest BCUT2D eigenvalue weighted by Crippen LogP contribution is -2.38. The van der Waals surface area contributed by atoms with Crippen LogP contribution >= 0.6 is 24.0 Å². The molecule has 154 valence electrons. The summed E-state index contributed by atoms with van der Waals surface area (Å²) in [6.45, 7) is 6.04. The fourth-order valence-corrected chi connectivity index (χ4v) is 2.95. The van der Waals surface area contributed by atoms with Crippen LogP contribution in [-0.4, -0.2) is 57.1 Å². The van der Waals surface area contributed by atoms with Gasteiger partial charge < -0.3 is 25.4 Å². The topological polar surface area (TPSA) is 69.1 Å². The van der Waals surface area contributed by atoms with E-state index in [9.17, 15) is 9.50 Å². The molecule has 0 atom stereocenters. The molecule has 0 aliphatic carbocycles. The van der Waals surface area contributed by atoms with Crippen LogP contribution in [0.5, 0.6) is 0 Å². The largest absolute Gasteiger partial charge is 0.393 e. The summed E-state index contributed by atoms with van der Waals surface area (Å²) in [5, 5.41) is 16.0. The Morgan fingerprint density at radius 1 is 1.33 bits per heavy atom. The lowest BCUT2D eigenvalue weighted by molar-refractivity contribution is 0.145. The number of hydrogen-bond acceptors (Lipinski definition) is 4. The zero-order valence-corrected chi connectivity index (χ0v) is 18.5. The number of guanidine groups is 1. The van der Waals surface area contributed by atoms with Crippen LogP contribution in [-0.2, 0) is 11.3 Å². The van der Waals surface area contributed by atoms with Crippen LogP contribution in [0.15, 0.2) is 23.2 Å². The second kappa shape index (κ2) is 13.1. The highest BCUT2D eigenvalue weighted by Gasteiger charge is 2.19. The predicted molar refractivity (Wildman–Crippen MR) is 119 cm³/mol. The maximum Gasteiger partial charge on any atom is 0.191 e. The number of piperidine rings is 1. The molecule has 0 saturated carbocycles. The Kier molecular flexibility index (Phi) is 11.6. The standard InChI is InChI=1S/C19H31FN4O2.HI/c1-3-21-19(22-9-4-12-26-2)23-14-15-5-6-18(17(20)13-15)24-10-7-16(25)8-11-24;/h5-6,13,16,25H,3-4,7-12,14H2,1-2H3,(H2,21,22,23);1H. The SMILES string of the molecule is CCNC(=NCc1ccc(N2CCC(O)CC2)c(F)c1)NCCCOC.I. The number of hydrogen-bond donors (Lipinski definition) is 3. The van der Waals surface area contributed by atoms with E-state index in [0.717, 1.165) is 31.0 Å². The quantitative estimate of drug-likeness (QED) is 0.224.